The van der Waals surface area contributed by atoms with Crippen LogP contribution in [-0.2, 0) is 6.42 Å². The van der Waals surface area contributed by atoms with Crippen LogP contribution in [0.25, 0.3) is 27.9 Å². The van der Waals surface area contributed by atoms with Crippen molar-refractivity contribution in [3.8, 4) is 11.4 Å². The maximum Gasteiger partial charge on any atom is 0.439 e. The van der Waals surface area contributed by atoms with E-state index >= 15 is 0 Å². The summed E-state index contributed by atoms with van der Waals surface area (Å²) in [6.45, 7) is 8.29. The molecule has 1 N–H and O–H groups in total. The quantitative estimate of drug-likeness (QED) is 0.314. The van der Waals surface area contributed by atoms with Crippen molar-refractivity contribution in [2.75, 3.05) is 0 Å². The summed E-state index contributed by atoms with van der Waals surface area (Å²) in [5, 5.41) is 3.96. The van der Waals surface area contributed by atoms with Crippen molar-refractivity contribution in [1.29, 1.82) is 0 Å². The van der Waals surface area contributed by atoms with Crippen molar-refractivity contribution in [3.05, 3.63) is 105 Å². The van der Waals surface area contributed by atoms with Crippen molar-refractivity contribution >= 4 is 22.2 Å². The van der Waals surface area contributed by atoms with E-state index in [1.54, 1.807) is 0 Å². The Morgan fingerprint density at radius 2 is 1.92 bits per heavy atom. The highest BCUT2D eigenvalue weighted by Gasteiger charge is 2.27. The summed E-state index contributed by atoms with van der Waals surface area (Å²) in [6.07, 6.45) is 1.68. The molecule has 1 atom stereocenters. The van der Waals surface area contributed by atoms with Gasteiger partial charge in [-0.3, -0.25) is 14.1 Å². The van der Waals surface area contributed by atoms with Crippen LogP contribution in [0.4, 0.5) is 0 Å². The average Bonchev–Trinajstić information content (AvgIpc) is 3.46. The van der Waals surface area contributed by atoms with Gasteiger partial charge in [0, 0.05) is 28.8 Å². The second kappa shape index (κ2) is 8.92. The van der Waals surface area contributed by atoms with Crippen LogP contribution in [-0.4, -0.2) is 19.7 Å². The Hall–Kier alpha value is -4.39. The van der Waals surface area contributed by atoms with E-state index in [0.717, 1.165) is 74.5 Å². The zero-order valence-electron chi connectivity index (χ0n) is 21.3. The molecule has 0 bridgehead atoms. The summed E-state index contributed by atoms with van der Waals surface area (Å²) in [7, 11) is 0. The number of hydrogen-bond donors (Lipinski definition) is 1. The fourth-order valence-electron chi connectivity index (χ4n) is 5.31. The van der Waals surface area contributed by atoms with Gasteiger partial charge in [0.15, 0.2) is 5.82 Å². The van der Waals surface area contributed by atoms with Gasteiger partial charge in [-0.05, 0) is 68.2 Å². The van der Waals surface area contributed by atoms with E-state index in [4.69, 9.17) is 14.2 Å². The molecule has 0 saturated heterocycles. The van der Waals surface area contributed by atoms with Gasteiger partial charge in [0.05, 0.1) is 11.0 Å². The molecule has 6 rings (SSSR count). The number of para-hydroxylation sites is 2. The van der Waals surface area contributed by atoms with Crippen molar-refractivity contribution < 1.29 is 9.26 Å². The minimum Gasteiger partial charge on any atom is -0.485 e. The third-order valence-corrected chi connectivity index (χ3v) is 7.06. The lowest BCUT2D eigenvalue weighted by Crippen LogP contribution is -2.07. The van der Waals surface area contributed by atoms with Gasteiger partial charge in [-0.15, -0.1) is 0 Å². The van der Waals surface area contributed by atoms with Crippen molar-refractivity contribution in [2.45, 2.75) is 46.6 Å². The van der Waals surface area contributed by atoms with Crippen LogP contribution in [0.2, 0.25) is 0 Å². The number of aromatic amines is 1. The van der Waals surface area contributed by atoms with E-state index in [9.17, 15) is 4.79 Å². The second-order valence-electron chi connectivity index (χ2n) is 9.53. The standard InChI is InChI=1S/C30H28N4O3/c1-5-9-26-31-28-17(2)10-8-12-24(28)34(26)20-14-15-21-23(16-20)19(4)36-25-13-7-6-11-22(25)27(21)18(3)29-32-30(35)37-33-29/h6-8,10-16,19H,5,9H2,1-4H3,(H,32,33,35)/b27-18+. The SMILES string of the molecule is CCCc1nc2c(C)cccc2n1-c1ccc2c(c1)C(C)Oc1ccccc1/C2=C(\C)c1noc(=O)[nH]1. The molecular weight excluding hydrogens is 464 g/mol. The number of allylic oxidation sites excluding steroid dienone is 1. The number of H-pyrrole nitrogens is 1. The molecule has 3 heterocycles. The predicted molar refractivity (Wildman–Crippen MR) is 144 cm³/mol. The number of nitrogens with one attached hydrogen (secondary N) is 1. The normalized spacial score (nSPS) is 16.2. The van der Waals surface area contributed by atoms with Gasteiger partial charge in [-0.25, -0.2) is 9.78 Å². The Balaban J connectivity index is 1.62. The Morgan fingerprint density at radius 3 is 2.70 bits per heavy atom. The summed E-state index contributed by atoms with van der Waals surface area (Å²) >= 11 is 0. The van der Waals surface area contributed by atoms with Gasteiger partial charge in [0.2, 0.25) is 0 Å². The fourth-order valence-corrected chi connectivity index (χ4v) is 5.31. The van der Waals surface area contributed by atoms with E-state index in [1.807, 2.05) is 31.2 Å². The van der Waals surface area contributed by atoms with Crippen molar-refractivity contribution in [3.63, 3.8) is 0 Å². The van der Waals surface area contributed by atoms with E-state index in [0.29, 0.717) is 5.82 Å². The van der Waals surface area contributed by atoms with Gasteiger partial charge >= 0.3 is 5.76 Å². The molecule has 37 heavy (non-hydrogen) atoms. The lowest BCUT2D eigenvalue weighted by Gasteiger charge is -2.18. The first kappa shape index (κ1) is 23.0. The molecule has 7 nitrogen and oxygen atoms in total. The Morgan fingerprint density at radius 1 is 1.08 bits per heavy atom. The zero-order chi connectivity index (χ0) is 25.7. The number of fused-ring (bicyclic) bond motifs is 3. The first-order chi connectivity index (χ1) is 18.0. The van der Waals surface area contributed by atoms with Crippen LogP contribution >= 0.6 is 0 Å². The van der Waals surface area contributed by atoms with Gasteiger partial charge in [0.25, 0.3) is 0 Å². The topological polar surface area (TPSA) is 85.9 Å². The maximum atomic E-state index is 11.7. The van der Waals surface area contributed by atoms with Gasteiger partial charge in [-0.2, -0.15) is 0 Å². The third kappa shape index (κ3) is 3.78. The summed E-state index contributed by atoms with van der Waals surface area (Å²) in [4.78, 5) is 19.5. The number of ether oxygens (including phenoxy) is 1. The van der Waals surface area contributed by atoms with Crippen molar-refractivity contribution in [2.24, 2.45) is 0 Å². The molecule has 0 aliphatic carbocycles. The highest BCUT2D eigenvalue weighted by molar-refractivity contribution is 5.99. The molecule has 1 aliphatic heterocycles. The molecule has 7 heteroatoms. The largest absolute Gasteiger partial charge is 0.485 e. The first-order valence-corrected chi connectivity index (χ1v) is 12.6. The predicted octanol–water partition coefficient (Wildman–Crippen LogP) is 6.40. The Kier molecular flexibility index (Phi) is 5.56. The molecule has 0 spiro atoms. The molecule has 3 aromatic carbocycles. The van der Waals surface area contributed by atoms with Crippen LogP contribution in [0.3, 0.4) is 0 Å². The first-order valence-electron chi connectivity index (χ1n) is 12.6. The molecule has 0 amide bonds. The van der Waals surface area contributed by atoms with Crippen molar-refractivity contribution in [1.82, 2.24) is 19.7 Å². The van der Waals surface area contributed by atoms with Gasteiger partial charge in [-0.1, -0.05) is 48.5 Å². The number of benzene rings is 3. The second-order valence-corrected chi connectivity index (χ2v) is 9.53. The zero-order valence-corrected chi connectivity index (χ0v) is 21.3. The maximum absolute atomic E-state index is 11.7. The van der Waals surface area contributed by atoms with Crippen LogP contribution < -0.4 is 10.5 Å². The number of imidazole rings is 1. The average molecular weight is 493 g/mol. The summed E-state index contributed by atoms with van der Waals surface area (Å²) in [5.41, 5.74) is 9.11. The molecule has 0 fully saturated rings. The van der Waals surface area contributed by atoms with E-state index in [1.165, 1.54) is 0 Å². The highest BCUT2D eigenvalue weighted by Crippen LogP contribution is 2.44. The summed E-state index contributed by atoms with van der Waals surface area (Å²) in [5.74, 6) is 1.65. The molecule has 1 aliphatic rings. The molecule has 0 radical (unpaired) electrons. The van der Waals surface area contributed by atoms with Crippen LogP contribution in [0, 0.1) is 6.92 Å². The van der Waals surface area contributed by atoms with E-state index in [2.05, 4.69) is 71.9 Å². The van der Waals surface area contributed by atoms with E-state index < -0.39 is 5.76 Å². The van der Waals surface area contributed by atoms with Crippen LogP contribution in [0.15, 0.2) is 70.0 Å². The number of rotatable bonds is 4. The molecule has 1 unspecified atom stereocenters. The molecule has 5 aromatic rings. The lowest BCUT2D eigenvalue weighted by molar-refractivity contribution is 0.228. The summed E-state index contributed by atoms with van der Waals surface area (Å²) in [6, 6.07) is 20.8. The monoisotopic (exact) mass is 492 g/mol. The van der Waals surface area contributed by atoms with E-state index in [-0.39, 0.29) is 6.10 Å². The highest BCUT2D eigenvalue weighted by atomic mass is 16.5. The van der Waals surface area contributed by atoms with Gasteiger partial charge < -0.3 is 4.74 Å². The molecule has 186 valence electrons. The Bertz CT molecular complexity index is 1740. The minimum atomic E-state index is -0.581. The Labute approximate surface area is 214 Å². The van der Waals surface area contributed by atoms with Gasteiger partial charge in [0.1, 0.15) is 17.7 Å². The number of aryl methyl sites for hydroxylation is 2. The third-order valence-electron chi connectivity index (χ3n) is 7.06. The number of aromatic nitrogens is 4. The van der Waals surface area contributed by atoms with Crippen LogP contribution in [0.1, 0.15) is 67.2 Å². The smallest absolute Gasteiger partial charge is 0.439 e. The van der Waals surface area contributed by atoms with Crippen LogP contribution in [0.5, 0.6) is 5.75 Å². The molecular formula is C30H28N4O3. The minimum absolute atomic E-state index is 0.205. The molecule has 0 saturated carbocycles. The number of hydrogen-bond acceptors (Lipinski definition) is 5. The number of nitrogens with zero attached hydrogens (tertiary/aromatic N) is 3. The summed E-state index contributed by atoms with van der Waals surface area (Å²) < 4.78 is 13.6. The fraction of sp³-hybridized carbons (Fsp3) is 0.233. The molecule has 2 aromatic heterocycles. The lowest BCUT2D eigenvalue weighted by atomic mass is 9.89.